The maximum Gasteiger partial charge on any atom is 0.119 e. The lowest BCUT2D eigenvalue weighted by Gasteiger charge is -2.19. The SMILES string of the molecule is COc1ccc(Cn2nc3c(c2[C]2[CH][CH][CH][CH]2)CCc2ccc(OC)cc2-3)cc1. The van der Waals surface area contributed by atoms with Crippen LogP contribution in [0.4, 0.5) is 0 Å². The van der Waals surface area contributed by atoms with Crippen LogP contribution in [-0.2, 0) is 19.4 Å². The van der Waals surface area contributed by atoms with Crippen LogP contribution in [0.5, 0.6) is 11.5 Å². The molecule has 1 saturated carbocycles. The average Bonchev–Trinajstić information content (AvgIpc) is 3.41. The molecule has 2 aliphatic rings. The molecule has 0 amide bonds. The van der Waals surface area contributed by atoms with Crippen LogP contribution in [0.2, 0.25) is 0 Å². The topological polar surface area (TPSA) is 36.3 Å². The molecule has 2 aromatic carbocycles. The van der Waals surface area contributed by atoms with Crippen LogP contribution in [0.3, 0.4) is 0 Å². The molecule has 0 unspecified atom stereocenters. The van der Waals surface area contributed by atoms with Crippen molar-refractivity contribution in [1.29, 1.82) is 0 Å². The Morgan fingerprint density at radius 2 is 1.62 bits per heavy atom. The molecule has 4 nitrogen and oxygen atoms in total. The predicted octanol–water partition coefficient (Wildman–Crippen LogP) is 4.47. The second-order valence-corrected chi connectivity index (χ2v) is 7.38. The minimum absolute atomic E-state index is 0.719. The zero-order valence-electron chi connectivity index (χ0n) is 16.7. The molecular weight excluding hydrogens is 360 g/mol. The van der Waals surface area contributed by atoms with Crippen molar-refractivity contribution < 1.29 is 9.47 Å². The molecule has 29 heavy (non-hydrogen) atoms. The number of aromatic nitrogens is 2. The van der Waals surface area contributed by atoms with Gasteiger partial charge in [-0.15, -0.1) is 0 Å². The van der Waals surface area contributed by atoms with Gasteiger partial charge in [0.15, 0.2) is 0 Å². The Kier molecular flexibility index (Phi) is 4.78. The third-order valence-electron chi connectivity index (χ3n) is 5.69. The second kappa shape index (κ2) is 7.58. The molecule has 0 atom stereocenters. The summed E-state index contributed by atoms with van der Waals surface area (Å²) in [4.78, 5) is 0. The van der Waals surface area contributed by atoms with Crippen molar-refractivity contribution >= 4 is 0 Å². The first kappa shape index (κ1) is 18.3. The average molecular weight is 383 g/mol. The summed E-state index contributed by atoms with van der Waals surface area (Å²) in [5.74, 6) is 2.96. The number of fused-ring (bicyclic) bond motifs is 3. The zero-order chi connectivity index (χ0) is 19.8. The van der Waals surface area contributed by atoms with Crippen LogP contribution < -0.4 is 9.47 Å². The van der Waals surface area contributed by atoms with Gasteiger partial charge in [-0.1, -0.05) is 18.2 Å². The van der Waals surface area contributed by atoms with Crippen LogP contribution in [0.15, 0.2) is 42.5 Å². The lowest BCUT2D eigenvalue weighted by Crippen LogP contribution is -2.12. The highest BCUT2D eigenvalue weighted by Crippen LogP contribution is 2.41. The summed E-state index contributed by atoms with van der Waals surface area (Å²) in [6.07, 6.45) is 10.5. The smallest absolute Gasteiger partial charge is 0.119 e. The number of hydrogen-bond acceptors (Lipinski definition) is 3. The first-order valence-electron chi connectivity index (χ1n) is 9.89. The van der Waals surface area contributed by atoms with Crippen LogP contribution in [0.1, 0.15) is 22.4 Å². The van der Waals surface area contributed by atoms with Crippen LogP contribution in [0.25, 0.3) is 11.3 Å². The fourth-order valence-electron chi connectivity index (χ4n) is 4.21. The van der Waals surface area contributed by atoms with Crippen molar-refractivity contribution in [3.8, 4) is 22.8 Å². The largest absolute Gasteiger partial charge is 0.497 e. The molecule has 0 N–H and O–H groups in total. The Hall–Kier alpha value is -2.75. The Morgan fingerprint density at radius 1 is 0.897 bits per heavy atom. The van der Waals surface area contributed by atoms with Gasteiger partial charge in [0.05, 0.1) is 32.2 Å². The van der Waals surface area contributed by atoms with Crippen LogP contribution in [-0.4, -0.2) is 24.0 Å². The van der Waals surface area contributed by atoms with Gasteiger partial charge in [-0.25, -0.2) is 0 Å². The van der Waals surface area contributed by atoms with E-state index in [0.29, 0.717) is 0 Å². The highest BCUT2D eigenvalue weighted by atomic mass is 16.5. The van der Waals surface area contributed by atoms with Gasteiger partial charge in [-0.05, 0) is 73.9 Å². The molecule has 1 aromatic heterocycles. The normalized spacial score (nSPS) is 15.8. The van der Waals surface area contributed by atoms with Crippen molar-refractivity contribution in [3.05, 3.63) is 96.5 Å². The zero-order valence-corrected chi connectivity index (χ0v) is 16.7. The molecule has 5 rings (SSSR count). The summed E-state index contributed by atoms with van der Waals surface area (Å²) in [5, 5.41) is 5.09. The van der Waals surface area contributed by atoms with E-state index in [4.69, 9.17) is 14.6 Å². The molecule has 2 aliphatic carbocycles. The lowest BCUT2D eigenvalue weighted by atomic mass is 9.86. The quantitative estimate of drug-likeness (QED) is 0.652. The molecule has 3 aromatic rings. The monoisotopic (exact) mass is 383 g/mol. The molecule has 1 fully saturated rings. The minimum atomic E-state index is 0.719. The molecule has 0 bridgehead atoms. The van der Waals surface area contributed by atoms with E-state index in [1.165, 1.54) is 33.9 Å². The fourth-order valence-corrected chi connectivity index (χ4v) is 4.21. The van der Waals surface area contributed by atoms with E-state index >= 15 is 0 Å². The summed E-state index contributed by atoms with van der Waals surface area (Å²) < 4.78 is 12.9. The van der Waals surface area contributed by atoms with Crippen molar-refractivity contribution in [2.24, 2.45) is 0 Å². The van der Waals surface area contributed by atoms with Gasteiger partial charge in [0.1, 0.15) is 11.5 Å². The Balaban J connectivity index is 1.59. The summed E-state index contributed by atoms with van der Waals surface area (Å²) in [6, 6.07) is 14.5. The molecule has 0 spiro atoms. The number of hydrogen-bond donors (Lipinski definition) is 0. The third kappa shape index (κ3) is 3.31. The summed E-state index contributed by atoms with van der Waals surface area (Å²) in [7, 11) is 3.40. The van der Waals surface area contributed by atoms with E-state index in [2.05, 4.69) is 54.6 Å². The van der Waals surface area contributed by atoms with Gasteiger partial charge in [0.2, 0.25) is 0 Å². The van der Waals surface area contributed by atoms with E-state index in [9.17, 15) is 0 Å². The second-order valence-electron chi connectivity index (χ2n) is 7.38. The third-order valence-corrected chi connectivity index (χ3v) is 5.69. The van der Waals surface area contributed by atoms with E-state index in [1.54, 1.807) is 14.2 Å². The maximum absolute atomic E-state index is 5.48. The minimum Gasteiger partial charge on any atom is -0.497 e. The van der Waals surface area contributed by atoms with Crippen molar-refractivity contribution in [2.45, 2.75) is 19.4 Å². The standard InChI is InChI=1S/C25H23N2O2/c1-28-20-11-7-17(8-12-20)16-27-25(19-5-3-4-6-19)22-14-10-18-9-13-21(29-2)15-23(18)24(22)26-27/h3-9,11-13,15H,10,14,16H2,1-2H3. The molecule has 1 heterocycles. The summed E-state index contributed by atoms with van der Waals surface area (Å²) >= 11 is 0. The number of aryl methyl sites for hydroxylation is 1. The van der Waals surface area contributed by atoms with Gasteiger partial charge in [-0.3, -0.25) is 4.68 Å². The van der Waals surface area contributed by atoms with Crippen molar-refractivity contribution in [2.75, 3.05) is 14.2 Å². The summed E-state index contributed by atoms with van der Waals surface area (Å²) in [6.45, 7) is 0.719. The van der Waals surface area contributed by atoms with Crippen molar-refractivity contribution in [3.63, 3.8) is 0 Å². The molecule has 0 saturated heterocycles. The predicted molar refractivity (Wildman–Crippen MR) is 113 cm³/mol. The van der Waals surface area contributed by atoms with Gasteiger partial charge in [0.25, 0.3) is 0 Å². The Bertz CT molecular complexity index is 1010. The number of nitrogens with zero attached hydrogens (tertiary/aromatic N) is 2. The maximum atomic E-state index is 5.48. The van der Waals surface area contributed by atoms with Crippen molar-refractivity contribution in [1.82, 2.24) is 9.78 Å². The highest BCUT2D eigenvalue weighted by molar-refractivity contribution is 5.74. The van der Waals surface area contributed by atoms with E-state index in [0.717, 1.165) is 36.6 Å². The van der Waals surface area contributed by atoms with Gasteiger partial charge < -0.3 is 9.47 Å². The number of ether oxygens (including phenoxy) is 2. The fraction of sp³-hybridized carbons (Fsp3) is 0.200. The Labute approximate surface area is 172 Å². The highest BCUT2D eigenvalue weighted by Gasteiger charge is 2.31. The number of benzene rings is 2. The molecule has 4 heteroatoms. The molecular formula is C25H23N2O2. The van der Waals surface area contributed by atoms with E-state index in [-0.39, 0.29) is 0 Å². The van der Waals surface area contributed by atoms with Crippen LogP contribution >= 0.6 is 0 Å². The molecule has 145 valence electrons. The van der Waals surface area contributed by atoms with Gasteiger partial charge in [0, 0.05) is 17.0 Å². The molecule has 0 aliphatic heterocycles. The number of methoxy groups -OCH3 is 2. The first-order chi connectivity index (χ1) is 14.3. The number of rotatable bonds is 5. The van der Waals surface area contributed by atoms with E-state index < -0.39 is 0 Å². The first-order valence-corrected chi connectivity index (χ1v) is 9.89. The van der Waals surface area contributed by atoms with Crippen LogP contribution in [0, 0.1) is 31.6 Å². The Morgan fingerprint density at radius 3 is 2.34 bits per heavy atom. The van der Waals surface area contributed by atoms with Gasteiger partial charge in [-0.2, -0.15) is 5.10 Å². The van der Waals surface area contributed by atoms with E-state index in [1.807, 2.05) is 18.2 Å². The molecule has 5 radical (unpaired) electrons. The lowest BCUT2D eigenvalue weighted by molar-refractivity contribution is 0.414. The van der Waals surface area contributed by atoms with Gasteiger partial charge >= 0.3 is 0 Å². The summed E-state index contributed by atoms with van der Waals surface area (Å²) in [5.41, 5.74) is 7.34.